The van der Waals surface area contributed by atoms with Crippen LogP contribution in [0.4, 0.5) is 21.9 Å². The molecule has 1 heterocycles. The molecule has 0 bridgehead atoms. The lowest BCUT2D eigenvalue weighted by Gasteiger charge is -2.33. The van der Waals surface area contributed by atoms with Gasteiger partial charge in [-0.1, -0.05) is 25.1 Å². The van der Waals surface area contributed by atoms with E-state index in [0.717, 1.165) is 37.2 Å². The minimum atomic E-state index is -0.743. The van der Waals surface area contributed by atoms with Gasteiger partial charge in [0.2, 0.25) is 5.91 Å². The van der Waals surface area contributed by atoms with Gasteiger partial charge in [0.05, 0.1) is 12.8 Å². The number of carboxylic acid groups (broad SMARTS) is 1. The van der Waals surface area contributed by atoms with Gasteiger partial charge in [0.1, 0.15) is 5.75 Å². The molecule has 2 aromatic carbocycles. The molecule has 0 radical (unpaired) electrons. The first-order valence-corrected chi connectivity index (χ1v) is 12.4. The summed E-state index contributed by atoms with van der Waals surface area (Å²) in [6.45, 7) is 6.62. The summed E-state index contributed by atoms with van der Waals surface area (Å²) >= 11 is 0. The Morgan fingerprint density at radius 1 is 1.08 bits per heavy atom. The second-order valence-corrected chi connectivity index (χ2v) is 9.06. The van der Waals surface area contributed by atoms with Crippen molar-refractivity contribution in [2.45, 2.75) is 39.5 Å². The minimum absolute atomic E-state index is 0.00387. The molecule has 36 heavy (non-hydrogen) atoms. The van der Waals surface area contributed by atoms with Crippen LogP contribution in [0.1, 0.15) is 38.2 Å². The number of aliphatic carboxylic acids is 1. The topological polar surface area (TPSA) is 111 Å². The van der Waals surface area contributed by atoms with Gasteiger partial charge in [-0.2, -0.15) is 0 Å². The number of aryl methyl sites for hydroxylation is 1. The van der Waals surface area contributed by atoms with E-state index >= 15 is 0 Å². The van der Waals surface area contributed by atoms with E-state index in [4.69, 9.17) is 9.84 Å². The fraction of sp³-hybridized carbons (Fsp3) is 0.444. The second kappa shape index (κ2) is 12.9. The number of para-hydroxylation sites is 1. The minimum Gasteiger partial charge on any atom is -0.494 e. The maximum Gasteiger partial charge on any atom is 0.323 e. The van der Waals surface area contributed by atoms with Gasteiger partial charge in [0.15, 0.2) is 0 Å². The van der Waals surface area contributed by atoms with Gasteiger partial charge in [-0.15, -0.1) is 0 Å². The molecular formula is C27H36N4O5. The number of methoxy groups -OCH3 is 1. The lowest BCUT2D eigenvalue weighted by Crippen LogP contribution is -2.42. The number of carbonyl (C=O) groups excluding carboxylic acids is 2. The van der Waals surface area contributed by atoms with Gasteiger partial charge in [-0.25, -0.2) is 4.79 Å². The summed E-state index contributed by atoms with van der Waals surface area (Å²) in [4.78, 5) is 40.3. The molecule has 3 rings (SSSR count). The SMILES string of the molecule is CCC(=O)N(CCN1CCC(CC(=O)O)CC1)c1ccc(NC(=O)Nc2ccccc2C)c(OC)c1. The fourth-order valence-corrected chi connectivity index (χ4v) is 4.43. The number of urea groups is 1. The summed E-state index contributed by atoms with van der Waals surface area (Å²) in [7, 11) is 1.52. The summed E-state index contributed by atoms with van der Waals surface area (Å²) in [6.07, 6.45) is 2.29. The number of nitrogens with one attached hydrogen (secondary N) is 2. The predicted octanol–water partition coefficient (Wildman–Crippen LogP) is 4.58. The van der Waals surface area contributed by atoms with Crippen molar-refractivity contribution in [3.63, 3.8) is 0 Å². The smallest absolute Gasteiger partial charge is 0.323 e. The predicted molar refractivity (Wildman–Crippen MR) is 141 cm³/mol. The number of hydrogen-bond donors (Lipinski definition) is 3. The third-order valence-corrected chi connectivity index (χ3v) is 6.55. The molecule has 194 valence electrons. The summed E-state index contributed by atoms with van der Waals surface area (Å²) in [5, 5.41) is 14.7. The molecule has 0 spiro atoms. The molecule has 2 aromatic rings. The highest BCUT2D eigenvalue weighted by Crippen LogP contribution is 2.31. The third-order valence-electron chi connectivity index (χ3n) is 6.55. The van der Waals surface area contributed by atoms with E-state index in [2.05, 4.69) is 15.5 Å². The highest BCUT2D eigenvalue weighted by Gasteiger charge is 2.23. The molecule has 9 nitrogen and oxygen atoms in total. The van der Waals surface area contributed by atoms with Crippen LogP contribution < -0.4 is 20.3 Å². The van der Waals surface area contributed by atoms with Crippen LogP contribution in [0.3, 0.4) is 0 Å². The lowest BCUT2D eigenvalue weighted by molar-refractivity contribution is -0.138. The Morgan fingerprint density at radius 2 is 1.78 bits per heavy atom. The molecule has 9 heteroatoms. The van der Waals surface area contributed by atoms with E-state index in [9.17, 15) is 14.4 Å². The first kappa shape index (κ1) is 27.0. The van der Waals surface area contributed by atoms with Crippen molar-refractivity contribution in [3.05, 3.63) is 48.0 Å². The number of rotatable bonds is 10. The maximum absolute atomic E-state index is 12.8. The quantitative estimate of drug-likeness (QED) is 0.444. The summed E-state index contributed by atoms with van der Waals surface area (Å²) in [5.74, 6) is -0.0706. The van der Waals surface area contributed by atoms with E-state index in [1.54, 1.807) is 23.1 Å². The first-order chi connectivity index (χ1) is 17.3. The molecule has 0 atom stereocenters. The number of likely N-dealkylation sites (tertiary alicyclic amines) is 1. The van der Waals surface area contributed by atoms with Gasteiger partial charge in [-0.05, 0) is 62.5 Å². The average molecular weight is 497 g/mol. The largest absolute Gasteiger partial charge is 0.494 e. The molecule has 1 saturated heterocycles. The Kier molecular flexibility index (Phi) is 9.69. The molecule has 1 fully saturated rings. The van der Waals surface area contributed by atoms with Gasteiger partial charge in [0.25, 0.3) is 0 Å². The molecule has 3 amide bonds. The molecule has 0 aliphatic carbocycles. The first-order valence-electron chi connectivity index (χ1n) is 12.4. The molecular weight excluding hydrogens is 460 g/mol. The zero-order valence-corrected chi connectivity index (χ0v) is 21.3. The van der Waals surface area contributed by atoms with E-state index in [0.29, 0.717) is 36.6 Å². The van der Waals surface area contributed by atoms with E-state index < -0.39 is 5.97 Å². The highest BCUT2D eigenvalue weighted by atomic mass is 16.5. The zero-order chi connectivity index (χ0) is 26.1. The Morgan fingerprint density at radius 3 is 2.42 bits per heavy atom. The molecule has 3 N–H and O–H groups in total. The highest BCUT2D eigenvalue weighted by molar-refractivity contribution is 6.01. The summed E-state index contributed by atoms with van der Waals surface area (Å²) < 4.78 is 5.52. The van der Waals surface area contributed by atoms with Crippen LogP contribution in [0.15, 0.2) is 42.5 Å². The van der Waals surface area contributed by atoms with Crippen LogP contribution in [-0.4, -0.2) is 61.2 Å². The van der Waals surface area contributed by atoms with Crippen molar-refractivity contribution in [3.8, 4) is 5.75 Å². The fourth-order valence-electron chi connectivity index (χ4n) is 4.43. The van der Waals surface area contributed by atoms with Crippen LogP contribution in [-0.2, 0) is 9.59 Å². The molecule has 1 aliphatic heterocycles. The third kappa shape index (κ3) is 7.45. The number of amides is 3. The summed E-state index contributed by atoms with van der Waals surface area (Å²) in [6, 6.07) is 12.4. The summed E-state index contributed by atoms with van der Waals surface area (Å²) in [5.41, 5.74) is 2.87. The van der Waals surface area contributed by atoms with Crippen LogP contribution in [0.25, 0.3) is 0 Å². The Balaban J connectivity index is 1.65. The number of benzene rings is 2. The molecule has 1 aliphatic rings. The van der Waals surface area contributed by atoms with Gasteiger partial charge in [-0.3, -0.25) is 9.59 Å². The van der Waals surface area contributed by atoms with Crippen LogP contribution in [0, 0.1) is 12.8 Å². The molecule has 0 saturated carbocycles. The van der Waals surface area contributed by atoms with Gasteiger partial charge >= 0.3 is 12.0 Å². The number of piperidine rings is 1. The molecule has 0 aromatic heterocycles. The number of ether oxygens (including phenoxy) is 1. The Labute approximate surface area is 212 Å². The standard InChI is InChI=1S/C27H36N4O5/c1-4-25(32)31(16-15-30-13-11-20(12-14-30)17-26(33)34)21-9-10-23(24(18-21)36-3)29-27(35)28-22-8-6-5-7-19(22)2/h5-10,18,20H,4,11-17H2,1-3H3,(H,33,34)(H2,28,29,35). The van der Waals surface area contributed by atoms with Crippen molar-refractivity contribution in [1.29, 1.82) is 0 Å². The van der Waals surface area contributed by atoms with Crippen LogP contribution in [0.5, 0.6) is 5.75 Å². The number of carboxylic acids is 1. The van der Waals surface area contributed by atoms with Crippen molar-refractivity contribution in [1.82, 2.24) is 4.90 Å². The van der Waals surface area contributed by atoms with Crippen molar-refractivity contribution in [2.24, 2.45) is 5.92 Å². The number of carbonyl (C=O) groups is 3. The average Bonchev–Trinajstić information content (AvgIpc) is 2.86. The maximum atomic E-state index is 12.8. The molecule has 0 unspecified atom stereocenters. The van der Waals surface area contributed by atoms with Crippen LogP contribution >= 0.6 is 0 Å². The number of anilines is 3. The Hall–Kier alpha value is -3.59. The van der Waals surface area contributed by atoms with Crippen LogP contribution in [0.2, 0.25) is 0 Å². The van der Waals surface area contributed by atoms with Crippen molar-refractivity contribution < 1.29 is 24.2 Å². The van der Waals surface area contributed by atoms with E-state index in [1.165, 1.54) is 7.11 Å². The normalized spacial score (nSPS) is 14.2. The monoisotopic (exact) mass is 496 g/mol. The van der Waals surface area contributed by atoms with Gasteiger partial charge < -0.3 is 30.3 Å². The Bertz CT molecular complexity index is 1070. The van der Waals surface area contributed by atoms with Crippen molar-refractivity contribution >= 4 is 35.0 Å². The lowest BCUT2D eigenvalue weighted by atomic mass is 9.94. The van der Waals surface area contributed by atoms with Crippen molar-refractivity contribution in [2.75, 3.05) is 48.8 Å². The van der Waals surface area contributed by atoms with E-state index in [1.807, 2.05) is 38.1 Å². The van der Waals surface area contributed by atoms with Gasteiger partial charge in [0, 0.05) is 43.4 Å². The van der Waals surface area contributed by atoms with E-state index in [-0.39, 0.29) is 24.3 Å². The number of nitrogens with zero attached hydrogens (tertiary/aromatic N) is 2. The number of hydrogen-bond acceptors (Lipinski definition) is 5. The second-order valence-electron chi connectivity index (χ2n) is 9.06. The zero-order valence-electron chi connectivity index (χ0n) is 21.3.